The number of fused-ring (bicyclic) bond motifs is 1. The number of carboxylic acids is 1. The van der Waals surface area contributed by atoms with Gasteiger partial charge in [-0.2, -0.15) is 4.98 Å². The molecule has 112 valence electrons. The zero-order valence-electron chi connectivity index (χ0n) is 11.4. The molecule has 22 heavy (non-hydrogen) atoms. The van der Waals surface area contributed by atoms with E-state index in [1.807, 2.05) is 25.1 Å². The second-order valence-corrected chi connectivity index (χ2v) is 5.94. The van der Waals surface area contributed by atoms with E-state index in [1.54, 1.807) is 0 Å². The molecule has 0 fully saturated rings. The molecule has 0 radical (unpaired) electrons. The number of carboxylic acid groups (broad SMARTS) is 1. The number of aromatic carboxylic acids is 1. The molecular formula is C15H10FIN2O3. The third-order valence-corrected chi connectivity index (χ3v) is 3.88. The minimum absolute atomic E-state index is 0.0156. The Hall–Kier alpha value is -2.16. The first-order chi connectivity index (χ1) is 10.5. The van der Waals surface area contributed by atoms with Crippen LogP contribution >= 0.6 is 22.6 Å². The average molecular weight is 412 g/mol. The highest BCUT2D eigenvalue weighted by molar-refractivity contribution is 14.1. The highest BCUT2D eigenvalue weighted by Crippen LogP contribution is 2.30. The van der Waals surface area contributed by atoms with E-state index in [4.69, 9.17) is 4.42 Å². The van der Waals surface area contributed by atoms with E-state index < -0.39 is 12.1 Å². The van der Waals surface area contributed by atoms with Crippen molar-refractivity contribution in [2.75, 3.05) is 5.32 Å². The molecule has 0 aliphatic heterocycles. The molecular weight excluding hydrogens is 402 g/mol. The van der Waals surface area contributed by atoms with Gasteiger partial charge in [0.15, 0.2) is 5.58 Å². The monoisotopic (exact) mass is 412 g/mol. The van der Waals surface area contributed by atoms with Gasteiger partial charge in [-0.05, 0) is 65.4 Å². The first-order valence-corrected chi connectivity index (χ1v) is 7.39. The number of nitrogens with zero attached hydrogens (tertiary/aromatic N) is 1. The Kier molecular flexibility index (Phi) is 3.73. The van der Waals surface area contributed by atoms with Crippen molar-refractivity contribution < 1.29 is 18.7 Å². The highest BCUT2D eigenvalue weighted by Gasteiger charge is 2.20. The fourth-order valence-electron chi connectivity index (χ4n) is 2.20. The number of carbonyl (C=O) groups is 1. The van der Waals surface area contributed by atoms with Crippen molar-refractivity contribution in [2.24, 2.45) is 0 Å². The number of oxazole rings is 1. The molecule has 5 nitrogen and oxygen atoms in total. The van der Waals surface area contributed by atoms with Gasteiger partial charge in [-0.3, -0.25) is 0 Å². The molecule has 0 saturated heterocycles. The minimum atomic E-state index is -1.20. The summed E-state index contributed by atoms with van der Waals surface area (Å²) in [6, 6.07) is 8.76. The summed E-state index contributed by atoms with van der Waals surface area (Å²) < 4.78 is 19.0. The molecule has 0 atom stereocenters. The van der Waals surface area contributed by atoms with Gasteiger partial charge in [0.25, 0.3) is 0 Å². The maximum Gasteiger partial charge on any atom is 0.382 e. The lowest BCUT2D eigenvalue weighted by Crippen LogP contribution is -2.04. The summed E-state index contributed by atoms with van der Waals surface area (Å²) in [5.41, 5.74) is 2.03. The fraction of sp³-hybridized carbons (Fsp3) is 0.0667. The van der Waals surface area contributed by atoms with E-state index in [9.17, 15) is 14.3 Å². The molecule has 1 aromatic heterocycles. The molecule has 0 unspecified atom stereocenters. The largest absolute Gasteiger partial charge is 0.478 e. The number of halogens is 2. The molecule has 3 aromatic rings. The summed E-state index contributed by atoms with van der Waals surface area (Å²) in [4.78, 5) is 15.0. The Morgan fingerprint density at radius 1 is 1.32 bits per heavy atom. The average Bonchev–Trinajstić information content (AvgIpc) is 2.81. The van der Waals surface area contributed by atoms with Crippen molar-refractivity contribution in [1.29, 1.82) is 0 Å². The topological polar surface area (TPSA) is 75.4 Å². The number of nitrogens with one attached hydrogen (secondary N) is 1. The smallest absolute Gasteiger partial charge is 0.382 e. The van der Waals surface area contributed by atoms with Gasteiger partial charge in [0.05, 0.1) is 5.69 Å². The van der Waals surface area contributed by atoms with Gasteiger partial charge in [-0.1, -0.05) is 0 Å². The van der Waals surface area contributed by atoms with Crippen molar-refractivity contribution in [3.05, 3.63) is 51.2 Å². The minimum Gasteiger partial charge on any atom is -0.478 e. The van der Waals surface area contributed by atoms with Crippen LogP contribution in [0.15, 0.2) is 34.7 Å². The van der Waals surface area contributed by atoms with Gasteiger partial charge < -0.3 is 14.8 Å². The van der Waals surface area contributed by atoms with Crippen molar-refractivity contribution >= 4 is 51.0 Å². The number of aryl methyl sites for hydroxylation is 1. The van der Waals surface area contributed by atoms with Gasteiger partial charge in [-0.25, -0.2) is 4.79 Å². The lowest BCUT2D eigenvalue weighted by molar-refractivity contribution is 0.0700. The first kappa shape index (κ1) is 14.8. The molecule has 2 N–H and O–H groups in total. The van der Waals surface area contributed by atoms with Gasteiger partial charge in [0.2, 0.25) is 0 Å². The Balaban J connectivity index is 2.13. The number of aromatic nitrogens is 1. The van der Waals surface area contributed by atoms with Crippen molar-refractivity contribution in [3.8, 4) is 0 Å². The third kappa shape index (κ3) is 2.63. The quantitative estimate of drug-likeness (QED) is 0.627. The third-order valence-electron chi connectivity index (χ3n) is 3.21. The van der Waals surface area contributed by atoms with Crippen LogP contribution in [0.5, 0.6) is 0 Å². The Morgan fingerprint density at radius 3 is 2.73 bits per heavy atom. The zero-order chi connectivity index (χ0) is 15.9. The molecule has 0 amide bonds. The summed E-state index contributed by atoms with van der Waals surface area (Å²) in [6.07, 6.45) is -1.06. The van der Waals surface area contributed by atoms with E-state index in [2.05, 4.69) is 32.9 Å². The molecule has 7 heteroatoms. The maximum absolute atomic E-state index is 13.1. The van der Waals surface area contributed by atoms with Gasteiger partial charge >= 0.3 is 12.1 Å². The van der Waals surface area contributed by atoms with E-state index >= 15 is 0 Å². The van der Waals surface area contributed by atoms with Crippen molar-refractivity contribution in [2.45, 2.75) is 6.92 Å². The zero-order valence-corrected chi connectivity index (χ0v) is 13.5. The predicted molar refractivity (Wildman–Crippen MR) is 88.1 cm³/mol. The van der Waals surface area contributed by atoms with Gasteiger partial charge in [0.1, 0.15) is 11.1 Å². The van der Waals surface area contributed by atoms with Crippen molar-refractivity contribution in [3.63, 3.8) is 0 Å². The summed E-state index contributed by atoms with van der Waals surface area (Å²) in [5, 5.41) is 12.5. The lowest BCUT2D eigenvalue weighted by atomic mass is 10.1. The van der Waals surface area contributed by atoms with Crippen LogP contribution in [0.25, 0.3) is 11.1 Å². The van der Waals surface area contributed by atoms with Crippen LogP contribution in [-0.4, -0.2) is 16.1 Å². The summed E-state index contributed by atoms with van der Waals surface area (Å²) >= 11 is 2.20. The van der Waals surface area contributed by atoms with E-state index in [-0.39, 0.29) is 16.7 Å². The van der Waals surface area contributed by atoms with Crippen LogP contribution in [0.2, 0.25) is 0 Å². The van der Waals surface area contributed by atoms with Crippen LogP contribution in [0.3, 0.4) is 0 Å². The second kappa shape index (κ2) is 5.56. The Labute approximate surface area is 138 Å². The van der Waals surface area contributed by atoms with Crippen LogP contribution in [0.1, 0.15) is 15.9 Å². The maximum atomic E-state index is 13.1. The van der Waals surface area contributed by atoms with Crippen LogP contribution in [0, 0.1) is 16.6 Å². The van der Waals surface area contributed by atoms with E-state index in [1.165, 1.54) is 12.1 Å². The molecule has 3 rings (SSSR count). The second-order valence-electron chi connectivity index (χ2n) is 4.69. The van der Waals surface area contributed by atoms with Crippen LogP contribution in [-0.2, 0) is 0 Å². The predicted octanol–water partition coefficient (Wildman–Crippen LogP) is 4.32. The van der Waals surface area contributed by atoms with Gasteiger partial charge in [-0.15, -0.1) is 4.39 Å². The summed E-state index contributed by atoms with van der Waals surface area (Å²) in [6.45, 7) is 1.92. The molecule has 0 bridgehead atoms. The molecule has 0 aliphatic rings. The van der Waals surface area contributed by atoms with Crippen LogP contribution in [0.4, 0.5) is 15.8 Å². The number of benzene rings is 2. The Morgan fingerprint density at radius 2 is 2.05 bits per heavy atom. The number of rotatable bonds is 3. The fourth-order valence-corrected chi connectivity index (χ4v) is 2.85. The molecule has 0 spiro atoms. The van der Waals surface area contributed by atoms with Crippen LogP contribution < -0.4 is 5.32 Å². The highest BCUT2D eigenvalue weighted by atomic mass is 127. The Bertz CT molecular complexity index is 892. The SMILES string of the molecule is Cc1cc(I)ccc1Nc1ccc2oc(F)nc2c1C(=O)O. The summed E-state index contributed by atoms with van der Waals surface area (Å²) in [7, 11) is 0. The normalized spacial score (nSPS) is 10.9. The standard InChI is InChI=1S/C15H10FIN2O3/c1-7-6-8(17)2-3-9(7)18-10-4-5-11-13(12(10)14(20)21)19-15(16)22-11/h2-6,18H,1H3,(H,20,21). The molecule has 0 aliphatic carbocycles. The lowest BCUT2D eigenvalue weighted by Gasteiger charge is -2.12. The molecule has 0 saturated carbocycles. The van der Waals surface area contributed by atoms with Gasteiger partial charge in [0, 0.05) is 9.26 Å². The van der Waals surface area contributed by atoms with Crippen molar-refractivity contribution in [1.82, 2.24) is 4.98 Å². The van der Waals surface area contributed by atoms with E-state index in [0.29, 0.717) is 5.69 Å². The number of hydrogen-bond acceptors (Lipinski definition) is 4. The van der Waals surface area contributed by atoms with E-state index in [0.717, 1.165) is 14.8 Å². The summed E-state index contributed by atoms with van der Waals surface area (Å²) in [5.74, 6) is -1.20. The number of hydrogen-bond donors (Lipinski definition) is 2. The molecule has 1 heterocycles. The number of anilines is 2. The first-order valence-electron chi connectivity index (χ1n) is 6.31. The molecule has 2 aromatic carbocycles.